The topological polar surface area (TPSA) is 91.2 Å². The Bertz CT molecular complexity index is 741. The van der Waals surface area contributed by atoms with Crippen molar-refractivity contribution >= 4 is 12.1 Å². The number of hydrazone groups is 1. The number of rotatable bonds is 5. The summed E-state index contributed by atoms with van der Waals surface area (Å²) in [5.74, 6) is -0.368. The van der Waals surface area contributed by atoms with Gasteiger partial charge in [-0.2, -0.15) is 5.10 Å². The Morgan fingerprint density at radius 1 is 1.22 bits per heavy atom. The number of para-hydroxylation sites is 1. The summed E-state index contributed by atoms with van der Waals surface area (Å²) in [5.41, 5.74) is 4.81. The van der Waals surface area contributed by atoms with E-state index < -0.39 is 5.91 Å². The fourth-order valence-electron chi connectivity index (χ4n) is 1.81. The molecule has 0 unspecified atom stereocenters. The van der Waals surface area contributed by atoms with Crippen molar-refractivity contribution in [1.29, 1.82) is 0 Å². The van der Waals surface area contributed by atoms with E-state index in [1.165, 1.54) is 12.3 Å². The van der Waals surface area contributed by atoms with Gasteiger partial charge in [0.15, 0.2) is 18.1 Å². The minimum Gasteiger partial charge on any atom is -0.504 e. The molecule has 0 aliphatic heterocycles. The van der Waals surface area contributed by atoms with Crippen LogP contribution in [0.4, 0.5) is 0 Å². The zero-order valence-electron chi connectivity index (χ0n) is 12.9. The molecular formula is C17H18N2O4. The van der Waals surface area contributed by atoms with Crippen molar-refractivity contribution in [1.82, 2.24) is 5.43 Å². The van der Waals surface area contributed by atoms with Gasteiger partial charge >= 0.3 is 0 Å². The number of carbonyl (C=O) groups is 1. The van der Waals surface area contributed by atoms with E-state index in [0.29, 0.717) is 11.3 Å². The maximum absolute atomic E-state index is 11.6. The average molecular weight is 314 g/mol. The van der Waals surface area contributed by atoms with Gasteiger partial charge in [0, 0.05) is 5.56 Å². The second-order valence-corrected chi connectivity index (χ2v) is 5.04. The first kappa shape index (κ1) is 16.4. The summed E-state index contributed by atoms with van der Waals surface area (Å²) in [7, 11) is 0. The smallest absolute Gasteiger partial charge is 0.277 e. The highest BCUT2D eigenvalue weighted by molar-refractivity contribution is 5.86. The number of hydrogen-bond donors (Lipinski definition) is 3. The van der Waals surface area contributed by atoms with Crippen molar-refractivity contribution in [3.05, 3.63) is 53.1 Å². The van der Waals surface area contributed by atoms with E-state index >= 15 is 0 Å². The Kier molecular flexibility index (Phi) is 5.19. The third-order valence-electron chi connectivity index (χ3n) is 3.29. The summed E-state index contributed by atoms with van der Waals surface area (Å²) in [6.45, 7) is 3.79. The van der Waals surface area contributed by atoms with Gasteiger partial charge in [0.05, 0.1) is 6.21 Å². The Morgan fingerprint density at radius 3 is 2.74 bits per heavy atom. The lowest BCUT2D eigenvalue weighted by Gasteiger charge is -2.07. The summed E-state index contributed by atoms with van der Waals surface area (Å²) >= 11 is 0. The number of amides is 1. The highest BCUT2D eigenvalue weighted by Gasteiger charge is 2.04. The second-order valence-electron chi connectivity index (χ2n) is 5.04. The van der Waals surface area contributed by atoms with Gasteiger partial charge in [-0.25, -0.2) is 5.43 Å². The van der Waals surface area contributed by atoms with Crippen LogP contribution < -0.4 is 10.2 Å². The van der Waals surface area contributed by atoms with Crippen LogP contribution in [-0.4, -0.2) is 28.9 Å². The second kappa shape index (κ2) is 7.31. The molecule has 0 saturated carbocycles. The van der Waals surface area contributed by atoms with Gasteiger partial charge < -0.3 is 14.9 Å². The number of phenolic OH excluding ortho intramolecular Hbond substituents is 2. The summed E-state index contributed by atoms with van der Waals surface area (Å²) in [5, 5.41) is 22.6. The van der Waals surface area contributed by atoms with Crippen LogP contribution in [0, 0.1) is 13.8 Å². The molecular weight excluding hydrogens is 296 g/mol. The molecule has 0 heterocycles. The number of benzene rings is 2. The lowest BCUT2D eigenvalue weighted by molar-refractivity contribution is -0.123. The minimum absolute atomic E-state index is 0.175. The van der Waals surface area contributed by atoms with Crippen LogP contribution in [0.15, 0.2) is 41.5 Å². The standard InChI is InChI=1S/C17H18N2O4/c1-11-6-7-14(8-12(11)2)23-10-16(21)19-18-9-13-4-3-5-15(20)17(13)22/h3-9,20,22H,10H2,1-2H3,(H,19,21)/b18-9+. The van der Waals surface area contributed by atoms with E-state index in [9.17, 15) is 15.0 Å². The van der Waals surface area contributed by atoms with Crippen molar-refractivity contribution in [2.45, 2.75) is 13.8 Å². The Balaban J connectivity index is 1.86. The largest absolute Gasteiger partial charge is 0.504 e. The van der Waals surface area contributed by atoms with Gasteiger partial charge in [0.25, 0.3) is 5.91 Å². The number of nitrogens with zero attached hydrogens (tertiary/aromatic N) is 1. The third-order valence-corrected chi connectivity index (χ3v) is 3.29. The van der Waals surface area contributed by atoms with E-state index in [-0.39, 0.29) is 18.1 Å². The van der Waals surface area contributed by atoms with Gasteiger partial charge in [-0.3, -0.25) is 4.79 Å². The van der Waals surface area contributed by atoms with Crippen molar-refractivity contribution in [2.75, 3.05) is 6.61 Å². The molecule has 0 aromatic heterocycles. The summed E-state index contributed by atoms with van der Waals surface area (Å²) in [4.78, 5) is 11.6. The van der Waals surface area contributed by atoms with E-state index in [1.807, 2.05) is 26.0 Å². The lowest BCUT2D eigenvalue weighted by atomic mass is 10.1. The van der Waals surface area contributed by atoms with E-state index in [2.05, 4.69) is 10.5 Å². The molecule has 2 aromatic carbocycles. The lowest BCUT2D eigenvalue weighted by Crippen LogP contribution is -2.24. The Morgan fingerprint density at radius 2 is 2.00 bits per heavy atom. The minimum atomic E-state index is -0.431. The van der Waals surface area contributed by atoms with Gasteiger partial charge in [-0.15, -0.1) is 0 Å². The predicted octanol–water partition coefficient (Wildman–Crippen LogP) is 2.24. The van der Waals surface area contributed by atoms with Crippen molar-refractivity contribution in [3.8, 4) is 17.2 Å². The van der Waals surface area contributed by atoms with Crippen molar-refractivity contribution < 1.29 is 19.7 Å². The Hall–Kier alpha value is -3.02. The third kappa shape index (κ3) is 4.47. The molecule has 0 aliphatic carbocycles. The van der Waals surface area contributed by atoms with Gasteiger partial charge in [0.1, 0.15) is 5.75 Å². The molecule has 3 N–H and O–H groups in total. The van der Waals surface area contributed by atoms with Crippen LogP contribution in [0.25, 0.3) is 0 Å². The number of aromatic hydroxyl groups is 2. The fourth-order valence-corrected chi connectivity index (χ4v) is 1.81. The number of carbonyl (C=O) groups excluding carboxylic acids is 1. The molecule has 1 amide bonds. The summed E-state index contributed by atoms with van der Waals surface area (Å²) in [6.07, 6.45) is 1.24. The molecule has 0 bridgehead atoms. The molecule has 23 heavy (non-hydrogen) atoms. The van der Waals surface area contributed by atoms with Crippen LogP contribution in [0.5, 0.6) is 17.2 Å². The van der Waals surface area contributed by atoms with Crippen molar-refractivity contribution in [2.24, 2.45) is 5.10 Å². The van der Waals surface area contributed by atoms with Crippen molar-refractivity contribution in [3.63, 3.8) is 0 Å². The molecule has 0 spiro atoms. The molecule has 2 rings (SSSR count). The van der Waals surface area contributed by atoms with E-state index in [0.717, 1.165) is 11.1 Å². The van der Waals surface area contributed by atoms with E-state index in [1.54, 1.807) is 18.2 Å². The zero-order valence-corrected chi connectivity index (χ0v) is 12.9. The first-order chi connectivity index (χ1) is 11.0. The highest BCUT2D eigenvalue weighted by atomic mass is 16.5. The highest BCUT2D eigenvalue weighted by Crippen LogP contribution is 2.26. The molecule has 0 saturated heterocycles. The number of aryl methyl sites for hydroxylation is 2. The number of nitrogens with one attached hydrogen (secondary N) is 1. The van der Waals surface area contributed by atoms with Gasteiger partial charge in [-0.1, -0.05) is 12.1 Å². The van der Waals surface area contributed by atoms with E-state index in [4.69, 9.17) is 4.74 Å². The maximum atomic E-state index is 11.6. The molecule has 2 aromatic rings. The van der Waals surface area contributed by atoms with Crippen LogP contribution >= 0.6 is 0 Å². The quantitative estimate of drug-likeness (QED) is 0.448. The molecule has 6 heteroatoms. The van der Waals surface area contributed by atoms with Crippen LogP contribution in [0.2, 0.25) is 0 Å². The molecule has 0 atom stereocenters. The molecule has 6 nitrogen and oxygen atoms in total. The molecule has 0 radical (unpaired) electrons. The SMILES string of the molecule is Cc1ccc(OCC(=O)N/N=C/c2cccc(O)c2O)cc1C. The fraction of sp³-hybridized carbons (Fsp3) is 0.176. The predicted molar refractivity (Wildman–Crippen MR) is 86.9 cm³/mol. The monoisotopic (exact) mass is 314 g/mol. The van der Waals surface area contributed by atoms with Gasteiger partial charge in [-0.05, 0) is 49.2 Å². The van der Waals surface area contributed by atoms with Gasteiger partial charge in [0.2, 0.25) is 0 Å². The molecule has 0 fully saturated rings. The van der Waals surface area contributed by atoms with Crippen LogP contribution in [0.1, 0.15) is 16.7 Å². The first-order valence-corrected chi connectivity index (χ1v) is 7.00. The van der Waals surface area contributed by atoms with Crippen LogP contribution in [0.3, 0.4) is 0 Å². The molecule has 0 aliphatic rings. The summed E-state index contributed by atoms with van der Waals surface area (Å²) in [6, 6.07) is 10.0. The maximum Gasteiger partial charge on any atom is 0.277 e. The number of ether oxygens (including phenoxy) is 1. The first-order valence-electron chi connectivity index (χ1n) is 7.00. The van der Waals surface area contributed by atoms with Crippen LogP contribution in [-0.2, 0) is 4.79 Å². The average Bonchev–Trinajstić information content (AvgIpc) is 2.52. The molecule has 120 valence electrons. The number of hydrogen-bond acceptors (Lipinski definition) is 5. The normalized spacial score (nSPS) is 10.7. The summed E-state index contributed by atoms with van der Waals surface area (Å²) < 4.78 is 5.37. The number of phenols is 2. The Labute approximate surface area is 134 Å². The zero-order chi connectivity index (χ0) is 16.8.